The van der Waals surface area contributed by atoms with E-state index >= 15 is 0 Å². The second-order valence-electron chi connectivity index (χ2n) is 6.25. The fourth-order valence-electron chi connectivity index (χ4n) is 2.72. The number of ether oxygens (including phenoxy) is 1. The van der Waals surface area contributed by atoms with Gasteiger partial charge in [-0.05, 0) is 29.8 Å². The molecule has 0 amide bonds. The predicted molar refractivity (Wildman–Crippen MR) is 108 cm³/mol. The van der Waals surface area contributed by atoms with Crippen molar-refractivity contribution in [3.05, 3.63) is 54.1 Å². The van der Waals surface area contributed by atoms with Crippen LogP contribution in [0.15, 0.2) is 58.6 Å². The molecular weight excluding hydrogens is 382 g/mol. The molecule has 0 aliphatic rings. The van der Waals surface area contributed by atoms with Gasteiger partial charge in [-0.3, -0.25) is 0 Å². The average molecular weight is 406 g/mol. The van der Waals surface area contributed by atoms with Crippen molar-refractivity contribution >= 4 is 32.8 Å². The van der Waals surface area contributed by atoms with Gasteiger partial charge in [0.25, 0.3) is 0 Å². The Morgan fingerprint density at radius 2 is 1.93 bits per heavy atom. The Morgan fingerprint density at radius 3 is 2.67 bits per heavy atom. The fraction of sp³-hybridized carbons (Fsp3) is 0.316. The van der Waals surface area contributed by atoms with E-state index in [0.29, 0.717) is 23.8 Å². The summed E-state index contributed by atoms with van der Waals surface area (Å²) in [6.45, 7) is 1.32. The summed E-state index contributed by atoms with van der Waals surface area (Å²) in [5.41, 5.74) is 2.95. The van der Waals surface area contributed by atoms with E-state index in [1.54, 1.807) is 37.1 Å². The van der Waals surface area contributed by atoms with Crippen molar-refractivity contribution in [3.8, 4) is 0 Å². The number of sulfonamides is 1. The summed E-state index contributed by atoms with van der Waals surface area (Å²) < 4.78 is 33.3. The van der Waals surface area contributed by atoms with E-state index in [4.69, 9.17) is 9.72 Å². The number of aromatic nitrogens is 2. The van der Waals surface area contributed by atoms with Crippen LogP contribution in [0.2, 0.25) is 0 Å². The molecule has 0 fully saturated rings. The summed E-state index contributed by atoms with van der Waals surface area (Å²) in [5.74, 6) is 0.632. The highest BCUT2D eigenvalue weighted by atomic mass is 32.2. The van der Waals surface area contributed by atoms with Gasteiger partial charge in [0.05, 0.1) is 22.5 Å². The van der Waals surface area contributed by atoms with Crippen LogP contribution in [0.5, 0.6) is 0 Å². The minimum Gasteiger partial charge on any atom is -0.383 e. The molecule has 0 atom stereocenters. The maximum Gasteiger partial charge on any atom is 0.242 e. The molecule has 0 saturated carbocycles. The van der Waals surface area contributed by atoms with Gasteiger partial charge in [0, 0.05) is 33.5 Å². The van der Waals surface area contributed by atoms with Gasteiger partial charge in [-0.1, -0.05) is 36.0 Å². The SMILES string of the molecule is COCCn1c(SCc2cccc(S(=O)(=O)N(C)C)c2)nc2ccccc21. The lowest BCUT2D eigenvalue weighted by Crippen LogP contribution is -2.22. The number of methoxy groups -OCH3 is 1. The summed E-state index contributed by atoms with van der Waals surface area (Å²) >= 11 is 1.59. The molecule has 1 aromatic heterocycles. The fourth-order valence-corrected chi connectivity index (χ4v) is 4.67. The lowest BCUT2D eigenvalue weighted by molar-refractivity contribution is 0.186. The van der Waals surface area contributed by atoms with Crippen molar-refractivity contribution in [1.82, 2.24) is 13.9 Å². The van der Waals surface area contributed by atoms with Crippen molar-refractivity contribution in [3.63, 3.8) is 0 Å². The van der Waals surface area contributed by atoms with E-state index in [9.17, 15) is 8.42 Å². The maximum atomic E-state index is 12.3. The number of nitrogens with zero attached hydrogens (tertiary/aromatic N) is 3. The molecule has 0 spiro atoms. The van der Waals surface area contributed by atoms with E-state index < -0.39 is 10.0 Å². The molecule has 0 saturated heterocycles. The molecule has 0 unspecified atom stereocenters. The van der Waals surface area contributed by atoms with Gasteiger partial charge >= 0.3 is 0 Å². The van der Waals surface area contributed by atoms with Crippen LogP contribution < -0.4 is 0 Å². The molecule has 0 aliphatic carbocycles. The Balaban J connectivity index is 1.85. The molecule has 0 bridgehead atoms. The van der Waals surface area contributed by atoms with Gasteiger partial charge in [-0.2, -0.15) is 0 Å². The third kappa shape index (κ3) is 4.35. The van der Waals surface area contributed by atoms with Crippen LogP contribution in [0.25, 0.3) is 11.0 Å². The third-order valence-electron chi connectivity index (χ3n) is 4.18. The van der Waals surface area contributed by atoms with E-state index in [1.807, 2.05) is 30.3 Å². The van der Waals surface area contributed by atoms with Crippen molar-refractivity contribution in [2.45, 2.75) is 22.3 Å². The highest BCUT2D eigenvalue weighted by Gasteiger charge is 2.17. The Hall–Kier alpha value is -1.87. The van der Waals surface area contributed by atoms with E-state index in [1.165, 1.54) is 18.4 Å². The molecule has 0 N–H and O–H groups in total. The zero-order valence-corrected chi connectivity index (χ0v) is 17.3. The van der Waals surface area contributed by atoms with Gasteiger partial charge < -0.3 is 9.30 Å². The topological polar surface area (TPSA) is 64.4 Å². The quantitative estimate of drug-likeness (QED) is 0.539. The zero-order valence-electron chi connectivity index (χ0n) is 15.6. The van der Waals surface area contributed by atoms with Crippen LogP contribution in [-0.4, -0.2) is 50.1 Å². The number of hydrogen-bond acceptors (Lipinski definition) is 5. The molecule has 3 aromatic rings. The predicted octanol–water partition coefficient (Wildman–Crippen LogP) is 3.23. The van der Waals surface area contributed by atoms with Crippen molar-refractivity contribution in [2.75, 3.05) is 27.8 Å². The first-order valence-corrected chi connectivity index (χ1v) is 10.9. The lowest BCUT2D eigenvalue weighted by Gasteiger charge is -2.12. The number of rotatable bonds is 8. The van der Waals surface area contributed by atoms with Gasteiger partial charge in [-0.15, -0.1) is 0 Å². The summed E-state index contributed by atoms with van der Waals surface area (Å²) in [5, 5.41) is 0.897. The number of hydrogen-bond donors (Lipinski definition) is 0. The van der Waals surface area contributed by atoms with Crippen LogP contribution in [0.3, 0.4) is 0 Å². The molecule has 3 rings (SSSR count). The van der Waals surface area contributed by atoms with Gasteiger partial charge in [0.1, 0.15) is 0 Å². The van der Waals surface area contributed by atoms with E-state index in [0.717, 1.165) is 21.8 Å². The van der Waals surface area contributed by atoms with Gasteiger partial charge in [0.15, 0.2) is 5.16 Å². The minimum atomic E-state index is -3.44. The van der Waals surface area contributed by atoms with Crippen LogP contribution in [-0.2, 0) is 27.1 Å². The molecule has 1 heterocycles. The van der Waals surface area contributed by atoms with Crippen molar-refractivity contribution in [2.24, 2.45) is 0 Å². The molecule has 0 aliphatic heterocycles. The largest absolute Gasteiger partial charge is 0.383 e. The summed E-state index contributed by atoms with van der Waals surface area (Å²) in [6.07, 6.45) is 0. The molecular formula is C19H23N3O3S2. The molecule has 6 nitrogen and oxygen atoms in total. The van der Waals surface area contributed by atoms with Crippen LogP contribution in [0.4, 0.5) is 0 Å². The van der Waals surface area contributed by atoms with Gasteiger partial charge in [-0.25, -0.2) is 17.7 Å². The number of benzene rings is 2. The van der Waals surface area contributed by atoms with Gasteiger partial charge in [0.2, 0.25) is 10.0 Å². The molecule has 27 heavy (non-hydrogen) atoms. The summed E-state index contributed by atoms with van der Waals surface area (Å²) in [6, 6.07) is 15.1. The summed E-state index contributed by atoms with van der Waals surface area (Å²) in [7, 11) is 1.32. The van der Waals surface area contributed by atoms with E-state index in [-0.39, 0.29) is 0 Å². The minimum absolute atomic E-state index is 0.304. The first-order chi connectivity index (χ1) is 12.9. The Bertz CT molecular complexity index is 1030. The Kier molecular flexibility index (Phi) is 6.21. The highest BCUT2D eigenvalue weighted by Crippen LogP contribution is 2.27. The molecule has 0 radical (unpaired) electrons. The average Bonchev–Trinajstić information content (AvgIpc) is 3.02. The molecule has 8 heteroatoms. The normalized spacial score (nSPS) is 12.1. The third-order valence-corrected chi connectivity index (χ3v) is 7.04. The van der Waals surface area contributed by atoms with Crippen LogP contribution in [0.1, 0.15) is 5.56 Å². The monoisotopic (exact) mass is 405 g/mol. The standard InChI is InChI=1S/C19H23N3O3S2/c1-21(2)27(23,24)16-8-6-7-15(13-16)14-26-19-20-17-9-4-5-10-18(17)22(19)11-12-25-3/h4-10,13H,11-12,14H2,1-3H3. The molecule has 144 valence electrons. The Labute approximate surface area is 164 Å². The number of imidazole rings is 1. The molecule has 2 aromatic carbocycles. The van der Waals surface area contributed by atoms with Crippen LogP contribution >= 0.6 is 11.8 Å². The first-order valence-electron chi connectivity index (χ1n) is 8.52. The number of fused-ring (bicyclic) bond motifs is 1. The number of thioether (sulfide) groups is 1. The first kappa shape index (κ1) is 19.9. The second-order valence-corrected chi connectivity index (χ2v) is 9.35. The maximum absolute atomic E-state index is 12.3. The Morgan fingerprint density at radius 1 is 1.15 bits per heavy atom. The van der Waals surface area contributed by atoms with E-state index in [2.05, 4.69) is 4.57 Å². The lowest BCUT2D eigenvalue weighted by atomic mass is 10.2. The van der Waals surface area contributed by atoms with Crippen molar-refractivity contribution in [1.29, 1.82) is 0 Å². The number of para-hydroxylation sites is 2. The second kappa shape index (κ2) is 8.43. The zero-order chi connectivity index (χ0) is 19.4. The highest BCUT2D eigenvalue weighted by molar-refractivity contribution is 7.98. The summed E-state index contributed by atoms with van der Waals surface area (Å²) in [4.78, 5) is 5.03. The van der Waals surface area contributed by atoms with Crippen LogP contribution in [0, 0.1) is 0 Å². The smallest absolute Gasteiger partial charge is 0.242 e. The van der Waals surface area contributed by atoms with Crippen molar-refractivity contribution < 1.29 is 13.2 Å².